The number of aromatic nitrogens is 1. The van der Waals surface area contributed by atoms with E-state index in [9.17, 15) is 24.2 Å². The van der Waals surface area contributed by atoms with Crippen molar-refractivity contribution in [2.24, 2.45) is 0 Å². The molecule has 29 heavy (non-hydrogen) atoms. The number of rotatable bonds is 3. The standard InChI is InChI=1S/C21H15FN2O5/c1-11-9-16(23-29-11)24-18(13-3-2-4-15(25)10-13)17(20(27)21(24)28)19(26)12-5-7-14(22)8-6-12/h2-10,18,25-26H,1H3/t18-/m0/s1. The number of aromatic hydroxyl groups is 1. The number of aryl methyl sites for hydroxylation is 1. The molecule has 0 saturated carbocycles. The van der Waals surface area contributed by atoms with Crippen molar-refractivity contribution in [2.45, 2.75) is 13.0 Å². The number of halogens is 1. The van der Waals surface area contributed by atoms with Gasteiger partial charge < -0.3 is 14.7 Å². The summed E-state index contributed by atoms with van der Waals surface area (Å²) in [7, 11) is 0. The third-order valence-corrected chi connectivity index (χ3v) is 4.61. The lowest BCUT2D eigenvalue weighted by Gasteiger charge is -2.22. The molecule has 3 aromatic rings. The Labute approximate surface area is 164 Å². The predicted molar refractivity (Wildman–Crippen MR) is 101 cm³/mol. The van der Waals surface area contributed by atoms with Crippen molar-refractivity contribution < 1.29 is 28.7 Å². The first-order valence-electron chi connectivity index (χ1n) is 8.66. The SMILES string of the molecule is Cc1cc(N2C(=O)C(=O)C(=C(O)c3ccc(F)cc3)[C@@H]2c2cccc(O)c2)no1. The number of nitrogens with zero attached hydrogens (tertiary/aromatic N) is 2. The summed E-state index contributed by atoms with van der Waals surface area (Å²) in [6, 6.07) is 11.3. The molecule has 1 fully saturated rings. The monoisotopic (exact) mass is 394 g/mol. The van der Waals surface area contributed by atoms with Gasteiger partial charge in [0.2, 0.25) is 0 Å². The van der Waals surface area contributed by atoms with Crippen molar-refractivity contribution >= 4 is 23.3 Å². The van der Waals surface area contributed by atoms with Gasteiger partial charge in [0, 0.05) is 11.6 Å². The molecule has 1 saturated heterocycles. The maximum atomic E-state index is 13.3. The van der Waals surface area contributed by atoms with Gasteiger partial charge in [0.05, 0.1) is 11.6 Å². The lowest BCUT2D eigenvalue weighted by atomic mass is 9.95. The van der Waals surface area contributed by atoms with E-state index in [4.69, 9.17) is 4.52 Å². The van der Waals surface area contributed by atoms with Gasteiger partial charge in [0.15, 0.2) is 5.82 Å². The number of ketones is 1. The van der Waals surface area contributed by atoms with Crippen LogP contribution in [0.5, 0.6) is 5.75 Å². The quantitative estimate of drug-likeness (QED) is 0.401. The number of anilines is 1. The van der Waals surface area contributed by atoms with Crippen LogP contribution in [-0.2, 0) is 9.59 Å². The molecular weight excluding hydrogens is 379 g/mol. The number of amides is 1. The summed E-state index contributed by atoms with van der Waals surface area (Å²) in [5.41, 5.74) is 0.354. The van der Waals surface area contributed by atoms with E-state index in [1.54, 1.807) is 19.1 Å². The van der Waals surface area contributed by atoms with Gasteiger partial charge >= 0.3 is 5.91 Å². The molecule has 8 heteroatoms. The third-order valence-electron chi connectivity index (χ3n) is 4.61. The molecule has 1 aliphatic rings. The van der Waals surface area contributed by atoms with E-state index in [1.807, 2.05) is 0 Å². The van der Waals surface area contributed by atoms with Crippen molar-refractivity contribution in [3.05, 3.63) is 82.9 Å². The summed E-state index contributed by atoms with van der Waals surface area (Å²) in [5, 5.41) is 24.5. The molecule has 1 atom stereocenters. The zero-order chi connectivity index (χ0) is 20.7. The average Bonchev–Trinajstić information content (AvgIpc) is 3.23. The van der Waals surface area contributed by atoms with Crippen molar-refractivity contribution in [3.8, 4) is 5.75 Å². The minimum Gasteiger partial charge on any atom is -0.508 e. The number of hydrogen-bond donors (Lipinski definition) is 2. The Hall–Kier alpha value is -3.94. The van der Waals surface area contributed by atoms with Crippen LogP contribution >= 0.6 is 0 Å². The zero-order valence-corrected chi connectivity index (χ0v) is 15.2. The van der Waals surface area contributed by atoms with Crippen LogP contribution < -0.4 is 4.90 Å². The fraction of sp³-hybridized carbons (Fsp3) is 0.0952. The average molecular weight is 394 g/mol. The minimum absolute atomic E-state index is 0.0776. The topological polar surface area (TPSA) is 104 Å². The highest BCUT2D eigenvalue weighted by atomic mass is 19.1. The summed E-state index contributed by atoms with van der Waals surface area (Å²) >= 11 is 0. The van der Waals surface area contributed by atoms with Crippen LogP contribution in [0.15, 0.2) is 64.7 Å². The highest BCUT2D eigenvalue weighted by molar-refractivity contribution is 6.51. The molecule has 0 radical (unpaired) electrons. The van der Waals surface area contributed by atoms with Crippen LogP contribution in [0.2, 0.25) is 0 Å². The van der Waals surface area contributed by atoms with Gasteiger partial charge in [-0.25, -0.2) is 4.39 Å². The Balaban J connectivity index is 1.95. The second-order valence-electron chi connectivity index (χ2n) is 6.57. The number of Topliss-reactive ketones (excluding diaryl/α,β-unsaturated/α-hetero) is 1. The van der Waals surface area contributed by atoms with Gasteiger partial charge in [-0.1, -0.05) is 17.3 Å². The normalized spacial score (nSPS) is 18.4. The van der Waals surface area contributed by atoms with Crippen LogP contribution in [0.3, 0.4) is 0 Å². The van der Waals surface area contributed by atoms with E-state index >= 15 is 0 Å². The summed E-state index contributed by atoms with van der Waals surface area (Å²) in [4.78, 5) is 26.8. The van der Waals surface area contributed by atoms with Crippen LogP contribution in [0, 0.1) is 12.7 Å². The molecule has 0 aliphatic carbocycles. The Bertz CT molecular complexity index is 1150. The molecule has 0 spiro atoms. The number of phenolic OH excluding ortho intramolecular Hbond substituents is 1. The van der Waals surface area contributed by atoms with Gasteiger partial charge in [-0.3, -0.25) is 14.5 Å². The van der Waals surface area contributed by atoms with E-state index in [0.717, 1.165) is 17.0 Å². The number of hydrogen-bond acceptors (Lipinski definition) is 6. The number of carbonyl (C=O) groups excluding carboxylic acids is 2. The number of carbonyl (C=O) groups is 2. The fourth-order valence-electron chi connectivity index (χ4n) is 3.31. The molecule has 146 valence electrons. The fourth-order valence-corrected chi connectivity index (χ4v) is 3.31. The third kappa shape index (κ3) is 3.14. The second kappa shape index (κ2) is 6.90. The first kappa shape index (κ1) is 18.4. The van der Waals surface area contributed by atoms with E-state index in [1.165, 1.54) is 30.3 Å². The van der Waals surface area contributed by atoms with Gasteiger partial charge in [-0.15, -0.1) is 0 Å². The minimum atomic E-state index is -1.06. The van der Waals surface area contributed by atoms with Gasteiger partial charge in [0.1, 0.15) is 23.1 Å². The lowest BCUT2D eigenvalue weighted by molar-refractivity contribution is -0.132. The molecule has 1 aromatic heterocycles. The van der Waals surface area contributed by atoms with E-state index in [2.05, 4.69) is 5.16 Å². The molecular formula is C21H15FN2O5. The lowest BCUT2D eigenvalue weighted by Crippen LogP contribution is -2.29. The first-order valence-corrected chi connectivity index (χ1v) is 8.66. The number of aliphatic hydroxyl groups excluding tert-OH is 1. The van der Waals surface area contributed by atoms with Crippen LogP contribution in [0.25, 0.3) is 5.76 Å². The van der Waals surface area contributed by atoms with E-state index in [-0.39, 0.29) is 22.7 Å². The van der Waals surface area contributed by atoms with Crippen LogP contribution in [0.1, 0.15) is 22.9 Å². The molecule has 0 bridgehead atoms. The van der Waals surface area contributed by atoms with Crippen molar-refractivity contribution in [1.29, 1.82) is 0 Å². The second-order valence-corrected chi connectivity index (χ2v) is 6.57. The Kier molecular flexibility index (Phi) is 4.38. The largest absolute Gasteiger partial charge is 0.508 e. The molecule has 2 aromatic carbocycles. The molecule has 4 rings (SSSR count). The summed E-state index contributed by atoms with van der Waals surface area (Å²) in [5.74, 6) is -2.36. The highest BCUT2D eigenvalue weighted by Crippen LogP contribution is 2.42. The number of aliphatic hydroxyl groups is 1. The van der Waals surface area contributed by atoms with Crippen molar-refractivity contribution in [2.75, 3.05) is 4.90 Å². The molecule has 2 N–H and O–H groups in total. The summed E-state index contributed by atoms with van der Waals surface area (Å²) < 4.78 is 18.3. The number of phenols is 1. The molecule has 2 heterocycles. The zero-order valence-electron chi connectivity index (χ0n) is 15.2. The Morgan fingerprint density at radius 1 is 1.14 bits per heavy atom. The Morgan fingerprint density at radius 3 is 2.48 bits per heavy atom. The molecule has 1 aliphatic heterocycles. The molecule has 0 unspecified atom stereocenters. The molecule has 7 nitrogen and oxygen atoms in total. The van der Waals surface area contributed by atoms with Crippen LogP contribution in [-0.4, -0.2) is 27.1 Å². The van der Waals surface area contributed by atoms with Crippen molar-refractivity contribution in [3.63, 3.8) is 0 Å². The maximum Gasteiger partial charge on any atom is 0.301 e. The van der Waals surface area contributed by atoms with Crippen molar-refractivity contribution in [1.82, 2.24) is 5.16 Å². The summed E-state index contributed by atoms with van der Waals surface area (Å²) in [6.07, 6.45) is 0. The molecule has 1 amide bonds. The van der Waals surface area contributed by atoms with Gasteiger partial charge in [0.25, 0.3) is 5.78 Å². The smallest absolute Gasteiger partial charge is 0.301 e. The predicted octanol–water partition coefficient (Wildman–Crippen LogP) is 3.45. The summed E-state index contributed by atoms with van der Waals surface area (Å²) in [6.45, 7) is 1.63. The van der Waals surface area contributed by atoms with Gasteiger partial charge in [-0.2, -0.15) is 0 Å². The maximum absolute atomic E-state index is 13.3. The van der Waals surface area contributed by atoms with Gasteiger partial charge in [-0.05, 0) is 48.9 Å². The first-order chi connectivity index (χ1) is 13.9. The Morgan fingerprint density at radius 2 is 1.86 bits per heavy atom. The van der Waals surface area contributed by atoms with E-state index < -0.39 is 29.3 Å². The van der Waals surface area contributed by atoms with E-state index in [0.29, 0.717) is 11.3 Å². The highest BCUT2D eigenvalue weighted by Gasteiger charge is 2.48. The number of benzene rings is 2. The van der Waals surface area contributed by atoms with Crippen LogP contribution in [0.4, 0.5) is 10.2 Å².